The molecule has 1 saturated heterocycles. The summed E-state index contributed by atoms with van der Waals surface area (Å²) in [6.07, 6.45) is -3.87. The summed E-state index contributed by atoms with van der Waals surface area (Å²) in [4.78, 5) is 23.6. The zero-order chi connectivity index (χ0) is 19.9. The van der Waals surface area contributed by atoms with E-state index in [1.54, 1.807) is 44.2 Å². The molecule has 9 nitrogen and oxygen atoms in total. The molecule has 1 aromatic rings. The molecule has 0 saturated carbocycles. The molecule has 2 rings (SSSR count). The lowest BCUT2D eigenvalue weighted by atomic mass is 10.1. The number of ether oxygens (including phenoxy) is 3. The zero-order valence-electron chi connectivity index (χ0n) is 15.1. The van der Waals surface area contributed by atoms with Gasteiger partial charge in [-0.3, -0.25) is 4.57 Å². The number of carbonyl (C=O) groups excluding carboxylic acids is 1. The van der Waals surface area contributed by atoms with E-state index >= 15 is 0 Å². The Hall–Kier alpha value is -1.77. The SMILES string of the molecule is CCOP(=O)(CO[C@@H]1C[C@H](OC(=O)c2ccccc2)[C@H](C(=O)O)O1)OCC. The van der Waals surface area contributed by atoms with Gasteiger partial charge in [-0.15, -0.1) is 0 Å². The minimum Gasteiger partial charge on any atom is -0.479 e. The van der Waals surface area contributed by atoms with Gasteiger partial charge in [0.25, 0.3) is 0 Å². The van der Waals surface area contributed by atoms with Crippen molar-refractivity contribution in [1.29, 1.82) is 0 Å². The zero-order valence-corrected chi connectivity index (χ0v) is 16.0. The van der Waals surface area contributed by atoms with Crippen LogP contribution in [0.15, 0.2) is 30.3 Å². The van der Waals surface area contributed by atoms with Crippen LogP contribution in [-0.4, -0.2) is 55.1 Å². The van der Waals surface area contributed by atoms with E-state index in [1.807, 2.05) is 0 Å². The lowest BCUT2D eigenvalue weighted by molar-refractivity contribution is -0.168. The Balaban J connectivity index is 1.98. The molecule has 0 radical (unpaired) electrons. The second-order valence-electron chi connectivity index (χ2n) is 5.61. The summed E-state index contributed by atoms with van der Waals surface area (Å²) in [7, 11) is -3.47. The molecule has 0 aromatic heterocycles. The van der Waals surface area contributed by atoms with Crippen LogP contribution in [0, 0.1) is 0 Å². The molecule has 27 heavy (non-hydrogen) atoms. The van der Waals surface area contributed by atoms with Crippen molar-refractivity contribution in [3.8, 4) is 0 Å². The van der Waals surface area contributed by atoms with Gasteiger partial charge in [-0.25, -0.2) is 9.59 Å². The molecule has 150 valence electrons. The van der Waals surface area contributed by atoms with Gasteiger partial charge in [0.05, 0.1) is 18.8 Å². The Labute approximate surface area is 157 Å². The summed E-state index contributed by atoms with van der Waals surface area (Å²) < 4.78 is 38.6. The second-order valence-corrected chi connectivity index (χ2v) is 7.61. The number of hydrogen-bond donors (Lipinski definition) is 1. The van der Waals surface area contributed by atoms with E-state index in [4.69, 9.17) is 23.3 Å². The van der Waals surface area contributed by atoms with E-state index in [-0.39, 0.29) is 19.6 Å². The van der Waals surface area contributed by atoms with E-state index in [1.165, 1.54) is 0 Å². The molecule has 0 unspecified atom stereocenters. The number of benzene rings is 1. The van der Waals surface area contributed by atoms with Crippen LogP contribution in [0.1, 0.15) is 30.6 Å². The summed E-state index contributed by atoms with van der Waals surface area (Å²) >= 11 is 0. The highest BCUT2D eigenvalue weighted by Gasteiger charge is 2.44. The highest BCUT2D eigenvalue weighted by atomic mass is 31.2. The van der Waals surface area contributed by atoms with Crippen molar-refractivity contribution in [2.24, 2.45) is 0 Å². The number of hydrogen-bond acceptors (Lipinski definition) is 8. The molecule has 0 bridgehead atoms. The summed E-state index contributed by atoms with van der Waals surface area (Å²) in [6, 6.07) is 8.20. The third-order valence-electron chi connectivity index (χ3n) is 3.64. The molecule has 0 spiro atoms. The van der Waals surface area contributed by atoms with Crippen molar-refractivity contribution < 1.29 is 42.5 Å². The highest BCUT2D eigenvalue weighted by molar-refractivity contribution is 7.53. The number of carboxylic acids is 1. The van der Waals surface area contributed by atoms with Gasteiger partial charge in [-0.05, 0) is 26.0 Å². The van der Waals surface area contributed by atoms with Gasteiger partial charge in [0.1, 0.15) is 6.10 Å². The second kappa shape index (κ2) is 9.96. The lowest BCUT2D eigenvalue weighted by Gasteiger charge is -2.19. The first kappa shape index (κ1) is 21.5. The molecule has 10 heteroatoms. The summed E-state index contributed by atoms with van der Waals surface area (Å²) in [5, 5.41) is 9.31. The van der Waals surface area contributed by atoms with Crippen molar-refractivity contribution in [3.63, 3.8) is 0 Å². The maximum absolute atomic E-state index is 12.4. The van der Waals surface area contributed by atoms with E-state index < -0.39 is 44.4 Å². The lowest BCUT2D eigenvalue weighted by Crippen LogP contribution is -2.34. The van der Waals surface area contributed by atoms with Crippen molar-refractivity contribution in [2.75, 3.05) is 19.6 Å². The molecular weight excluding hydrogens is 379 g/mol. The van der Waals surface area contributed by atoms with Crippen molar-refractivity contribution in [2.45, 2.75) is 38.8 Å². The van der Waals surface area contributed by atoms with E-state index in [0.29, 0.717) is 5.56 Å². The van der Waals surface area contributed by atoms with Gasteiger partial charge in [-0.2, -0.15) is 0 Å². The topological polar surface area (TPSA) is 118 Å². The van der Waals surface area contributed by atoms with Gasteiger partial charge >= 0.3 is 19.5 Å². The first-order valence-corrected chi connectivity index (χ1v) is 10.3. The van der Waals surface area contributed by atoms with Gasteiger partial charge in [0, 0.05) is 6.42 Å². The Morgan fingerprint density at radius 3 is 2.37 bits per heavy atom. The minimum absolute atomic E-state index is 0.0200. The third-order valence-corrected chi connectivity index (χ3v) is 5.41. The summed E-state index contributed by atoms with van der Waals surface area (Å²) in [5.74, 6) is -1.95. The molecule has 0 amide bonds. The Bertz CT molecular complexity index is 668. The van der Waals surface area contributed by atoms with Crippen LogP contribution in [-0.2, 0) is 32.6 Å². The summed E-state index contributed by atoms with van der Waals surface area (Å²) in [5.41, 5.74) is 0.295. The molecule has 0 aliphatic carbocycles. The molecule has 1 aliphatic heterocycles. The predicted octanol–water partition coefficient (Wildman–Crippen LogP) is 2.65. The fraction of sp³-hybridized carbons (Fsp3) is 0.529. The molecule has 1 fully saturated rings. The monoisotopic (exact) mass is 402 g/mol. The number of esters is 1. The normalized spacial score (nSPS) is 22.5. The minimum atomic E-state index is -3.47. The number of rotatable bonds is 10. The number of carboxylic acid groups (broad SMARTS) is 1. The third kappa shape index (κ3) is 6.12. The molecular formula is C17H23O9P. The smallest absolute Gasteiger partial charge is 0.356 e. The maximum atomic E-state index is 12.4. The average Bonchev–Trinajstić information content (AvgIpc) is 3.04. The maximum Gasteiger partial charge on any atom is 0.356 e. The van der Waals surface area contributed by atoms with Gasteiger partial charge < -0.3 is 28.4 Å². The van der Waals surface area contributed by atoms with Crippen LogP contribution in [0.25, 0.3) is 0 Å². The number of carbonyl (C=O) groups is 2. The molecule has 1 aromatic carbocycles. The van der Waals surface area contributed by atoms with Gasteiger partial charge in [-0.1, -0.05) is 18.2 Å². The molecule has 1 heterocycles. The standard InChI is InChI=1S/C17H23O9P/c1-3-23-27(21,24-4-2)11-22-14-10-13(15(26-14)16(18)19)25-17(20)12-8-6-5-7-9-12/h5-9,13-15H,3-4,10-11H2,1-2H3,(H,18,19)/t13-,14-,15+/m0/s1. The van der Waals surface area contributed by atoms with Gasteiger partial charge in [0.15, 0.2) is 18.7 Å². The van der Waals surface area contributed by atoms with E-state index in [2.05, 4.69) is 0 Å². The quantitative estimate of drug-likeness (QED) is 0.465. The number of aliphatic carboxylic acids is 1. The van der Waals surface area contributed by atoms with Gasteiger partial charge in [0.2, 0.25) is 0 Å². The molecule has 1 aliphatic rings. The fourth-order valence-corrected chi connectivity index (χ4v) is 3.87. The molecule has 3 atom stereocenters. The van der Waals surface area contributed by atoms with Crippen molar-refractivity contribution in [1.82, 2.24) is 0 Å². The summed E-state index contributed by atoms with van der Waals surface area (Å²) in [6.45, 7) is 3.66. The largest absolute Gasteiger partial charge is 0.479 e. The van der Waals surface area contributed by atoms with Crippen molar-refractivity contribution in [3.05, 3.63) is 35.9 Å². The van der Waals surface area contributed by atoms with E-state index in [9.17, 15) is 19.3 Å². The Morgan fingerprint density at radius 1 is 1.19 bits per heavy atom. The fourth-order valence-electron chi connectivity index (χ4n) is 2.51. The van der Waals surface area contributed by atoms with Crippen LogP contribution >= 0.6 is 7.60 Å². The van der Waals surface area contributed by atoms with Crippen LogP contribution in [0.3, 0.4) is 0 Å². The average molecular weight is 402 g/mol. The van der Waals surface area contributed by atoms with Crippen molar-refractivity contribution >= 4 is 19.5 Å². The van der Waals surface area contributed by atoms with Crippen LogP contribution in [0.4, 0.5) is 0 Å². The van der Waals surface area contributed by atoms with E-state index in [0.717, 1.165) is 0 Å². The highest BCUT2D eigenvalue weighted by Crippen LogP contribution is 2.48. The Kier molecular flexibility index (Phi) is 7.94. The van der Waals surface area contributed by atoms with Crippen LogP contribution < -0.4 is 0 Å². The first-order chi connectivity index (χ1) is 12.9. The predicted molar refractivity (Wildman–Crippen MR) is 93.4 cm³/mol. The molecule has 1 N–H and O–H groups in total. The first-order valence-electron chi connectivity index (χ1n) is 8.52. The van der Waals surface area contributed by atoms with Crippen LogP contribution in [0.5, 0.6) is 0 Å². The van der Waals surface area contributed by atoms with Crippen LogP contribution in [0.2, 0.25) is 0 Å². The Morgan fingerprint density at radius 2 is 1.81 bits per heavy atom.